The molecule has 5 heteroatoms. The standard InChI is InChI=1S/C13H14F2O3/c1-18-13(17)5-3-2-4-12(16)10-7-6-9(14)8-11(10)15/h6-8H,2-5H2,1H3. The Kier molecular flexibility index (Phi) is 5.42. The molecule has 0 fully saturated rings. The summed E-state index contributed by atoms with van der Waals surface area (Å²) in [6, 6.07) is 2.86. The molecule has 0 aliphatic rings. The summed E-state index contributed by atoms with van der Waals surface area (Å²) in [7, 11) is 1.29. The Morgan fingerprint density at radius 1 is 1.17 bits per heavy atom. The lowest BCUT2D eigenvalue weighted by molar-refractivity contribution is -0.140. The number of methoxy groups -OCH3 is 1. The molecule has 0 aliphatic carbocycles. The molecule has 1 rings (SSSR count). The van der Waals surface area contributed by atoms with Gasteiger partial charge in [-0.2, -0.15) is 0 Å². The number of benzene rings is 1. The SMILES string of the molecule is COC(=O)CCCCC(=O)c1ccc(F)cc1F. The van der Waals surface area contributed by atoms with Crippen LogP contribution < -0.4 is 0 Å². The summed E-state index contributed by atoms with van der Waals surface area (Å²) in [5.41, 5.74) is -0.116. The van der Waals surface area contributed by atoms with Crippen molar-refractivity contribution in [3.05, 3.63) is 35.4 Å². The summed E-state index contributed by atoms with van der Waals surface area (Å²) < 4.78 is 30.3. The Morgan fingerprint density at radius 2 is 1.83 bits per heavy atom. The van der Waals surface area contributed by atoms with E-state index in [0.717, 1.165) is 12.1 Å². The number of halogens is 2. The number of ketones is 1. The predicted molar refractivity (Wildman–Crippen MR) is 61.2 cm³/mol. The fraction of sp³-hybridized carbons (Fsp3) is 0.385. The molecule has 0 spiro atoms. The van der Waals surface area contributed by atoms with Crippen LogP contribution in [-0.2, 0) is 9.53 Å². The molecule has 18 heavy (non-hydrogen) atoms. The van der Waals surface area contributed by atoms with Gasteiger partial charge in [0.2, 0.25) is 0 Å². The lowest BCUT2D eigenvalue weighted by Crippen LogP contribution is -2.04. The van der Waals surface area contributed by atoms with Gasteiger partial charge in [0.25, 0.3) is 0 Å². The first-order valence-electron chi connectivity index (χ1n) is 5.59. The highest BCUT2D eigenvalue weighted by Crippen LogP contribution is 2.13. The average molecular weight is 256 g/mol. The molecule has 3 nitrogen and oxygen atoms in total. The molecule has 0 radical (unpaired) electrons. The second kappa shape index (κ2) is 6.83. The van der Waals surface area contributed by atoms with Gasteiger partial charge in [0.05, 0.1) is 12.7 Å². The summed E-state index contributed by atoms with van der Waals surface area (Å²) in [5, 5.41) is 0. The first-order valence-corrected chi connectivity index (χ1v) is 5.59. The van der Waals surface area contributed by atoms with E-state index in [-0.39, 0.29) is 24.4 Å². The second-order valence-corrected chi connectivity index (χ2v) is 3.83. The van der Waals surface area contributed by atoms with Gasteiger partial charge in [-0.05, 0) is 25.0 Å². The van der Waals surface area contributed by atoms with Gasteiger partial charge >= 0.3 is 5.97 Å². The third-order valence-electron chi connectivity index (χ3n) is 2.49. The largest absolute Gasteiger partial charge is 0.469 e. The minimum Gasteiger partial charge on any atom is -0.469 e. The highest BCUT2D eigenvalue weighted by Gasteiger charge is 2.12. The molecule has 0 bridgehead atoms. The van der Waals surface area contributed by atoms with Crippen LogP contribution in [0.3, 0.4) is 0 Å². The zero-order valence-electron chi connectivity index (χ0n) is 10.0. The van der Waals surface area contributed by atoms with Crippen molar-refractivity contribution in [2.45, 2.75) is 25.7 Å². The van der Waals surface area contributed by atoms with Crippen molar-refractivity contribution in [2.24, 2.45) is 0 Å². The number of carbonyl (C=O) groups is 2. The van der Waals surface area contributed by atoms with E-state index in [4.69, 9.17) is 0 Å². The van der Waals surface area contributed by atoms with Crippen LogP contribution in [0.25, 0.3) is 0 Å². The van der Waals surface area contributed by atoms with Crippen LogP contribution >= 0.6 is 0 Å². The van der Waals surface area contributed by atoms with Crippen LogP contribution in [0.2, 0.25) is 0 Å². The van der Waals surface area contributed by atoms with E-state index in [1.807, 2.05) is 0 Å². The van der Waals surface area contributed by atoms with Crippen molar-refractivity contribution in [1.29, 1.82) is 0 Å². The number of hydrogen-bond donors (Lipinski definition) is 0. The number of esters is 1. The Morgan fingerprint density at radius 3 is 2.44 bits per heavy atom. The minimum atomic E-state index is -0.854. The zero-order chi connectivity index (χ0) is 13.5. The van der Waals surface area contributed by atoms with Crippen molar-refractivity contribution >= 4 is 11.8 Å². The van der Waals surface area contributed by atoms with E-state index < -0.39 is 17.4 Å². The maximum atomic E-state index is 13.3. The van der Waals surface area contributed by atoms with Crippen LogP contribution in [-0.4, -0.2) is 18.9 Å². The number of unbranched alkanes of at least 4 members (excludes halogenated alkanes) is 1. The molecule has 0 N–H and O–H groups in total. The number of carbonyl (C=O) groups excluding carboxylic acids is 2. The third-order valence-corrected chi connectivity index (χ3v) is 2.49. The quantitative estimate of drug-likeness (QED) is 0.446. The summed E-state index contributed by atoms with van der Waals surface area (Å²) in [4.78, 5) is 22.4. The van der Waals surface area contributed by atoms with Gasteiger partial charge in [-0.25, -0.2) is 8.78 Å². The van der Waals surface area contributed by atoms with Gasteiger partial charge in [-0.3, -0.25) is 9.59 Å². The molecule has 0 saturated carbocycles. The molecule has 0 unspecified atom stereocenters. The molecule has 0 heterocycles. The van der Waals surface area contributed by atoms with Gasteiger partial charge in [0.15, 0.2) is 5.78 Å². The van der Waals surface area contributed by atoms with Crippen molar-refractivity contribution < 1.29 is 23.1 Å². The Bertz CT molecular complexity index is 444. The van der Waals surface area contributed by atoms with Crippen LogP contribution in [0.5, 0.6) is 0 Å². The van der Waals surface area contributed by atoms with Gasteiger partial charge in [-0.15, -0.1) is 0 Å². The molecule has 0 aromatic heterocycles. The van der Waals surface area contributed by atoms with E-state index in [2.05, 4.69) is 4.74 Å². The fourth-order valence-electron chi connectivity index (χ4n) is 1.51. The molecule has 1 aromatic carbocycles. The molecule has 1 aromatic rings. The molecule has 0 saturated heterocycles. The first-order chi connectivity index (χ1) is 8.54. The summed E-state index contributed by atoms with van der Waals surface area (Å²) in [6.45, 7) is 0. The van der Waals surface area contributed by atoms with Crippen LogP contribution in [0.4, 0.5) is 8.78 Å². The highest BCUT2D eigenvalue weighted by molar-refractivity contribution is 5.96. The summed E-state index contributed by atoms with van der Waals surface area (Å²) >= 11 is 0. The molecular weight excluding hydrogens is 242 g/mol. The Hall–Kier alpha value is -1.78. The Labute approximate surface area is 104 Å². The van der Waals surface area contributed by atoms with Gasteiger partial charge in [0, 0.05) is 18.9 Å². The van der Waals surface area contributed by atoms with Gasteiger partial charge in [0.1, 0.15) is 11.6 Å². The van der Waals surface area contributed by atoms with Crippen LogP contribution in [0, 0.1) is 11.6 Å². The molecule has 98 valence electrons. The smallest absolute Gasteiger partial charge is 0.305 e. The lowest BCUT2D eigenvalue weighted by atomic mass is 10.0. The summed E-state index contributed by atoms with van der Waals surface area (Å²) in [6.07, 6.45) is 1.32. The second-order valence-electron chi connectivity index (χ2n) is 3.83. The van der Waals surface area contributed by atoms with Gasteiger partial charge < -0.3 is 4.74 Å². The number of hydrogen-bond acceptors (Lipinski definition) is 3. The summed E-state index contributed by atoms with van der Waals surface area (Å²) in [5.74, 6) is -2.30. The number of Topliss-reactive ketones (excluding diaryl/α,β-unsaturated/α-hetero) is 1. The fourth-order valence-corrected chi connectivity index (χ4v) is 1.51. The van der Waals surface area contributed by atoms with E-state index in [0.29, 0.717) is 18.9 Å². The monoisotopic (exact) mass is 256 g/mol. The minimum absolute atomic E-state index is 0.116. The normalized spacial score (nSPS) is 10.2. The predicted octanol–water partition coefficient (Wildman–Crippen LogP) is 2.88. The first kappa shape index (κ1) is 14.3. The van der Waals surface area contributed by atoms with E-state index in [1.165, 1.54) is 7.11 Å². The number of ether oxygens (including phenoxy) is 1. The van der Waals surface area contributed by atoms with Crippen molar-refractivity contribution in [1.82, 2.24) is 0 Å². The maximum absolute atomic E-state index is 13.3. The zero-order valence-corrected chi connectivity index (χ0v) is 10.0. The van der Waals surface area contributed by atoms with Gasteiger partial charge in [-0.1, -0.05) is 0 Å². The van der Waals surface area contributed by atoms with Crippen LogP contribution in [0.1, 0.15) is 36.0 Å². The van der Waals surface area contributed by atoms with Crippen molar-refractivity contribution in [3.8, 4) is 0 Å². The van der Waals surface area contributed by atoms with E-state index >= 15 is 0 Å². The average Bonchev–Trinajstić information content (AvgIpc) is 2.34. The molecule has 0 atom stereocenters. The third kappa shape index (κ3) is 4.24. The highest BCUT2D eigenvalue weighted by atomic mass is 19.1. The van der Waals surface area contributed by atoms with Crippen LogP contribution in [0.15, 0.2) is 18.2 Å². The van der Waals surface area contributed by atoms with E-state index in [9.17, 15) is 18.4 Å². The maximum Gasteiger partial charge on any atom is 0.305 e. The molecule has 0 amide bonds. The molecular formula is C13H14F2O3. The van der Waals surface area contributed by atoms with E-state index in [1.54, 1.807) is 0 Å². The van der Waals surface area contributed by atoms with Crippen molar-refractivity contribution in [3.63, 3.8) is 0 Å². The van der Waals surface area contributed by atoms with Crippen molar-refractivity contribution in [2.75, 3.05) is 7.11 Å². The lowest BCUT2D eigenvalue weighted by Gasteiger charge is -2.03. The number of rotatable bonds is 6. The topological polar surface area (TPSA) is 43.4 Å². The molecule has 0 aliphatic heterocycles. The Balaban J connectivity index is 2.43.